The smallest absolute Gasteiger partial charge is 0.156 e. The first-order valence-electron chi connectivity index (χ1n) is 4.95. The SMILES string of the molecule is CC(NCCCC1CC1)C(N)=NO. The number of rotatable bonds is 6. The standard InChI is InChI=1S/C9H19N3O/c1-7(9(10)12-13)11-6-2-3-8-4-5-8/h7-8,11,13H,2-6H2,1H3,(H2,10,12). The van der Waals surface area contributed by atoms with Gasteiger partial charge in [-0.1, -0.05) is 18.0 Å². The second kappa shape index (κ2) is 5.07. The van der Waals surface area contributed by atoms with E-state index in [0.717, 1.165) is 12.5 Å². The molecule has 0 bridgehead atoms. The van der Waals surface area contributed by atoms with Crippen LogP contribution in [0.2, 0.25) is 0 Å². The van der Waals surface area contributed by atoms with E-state index in [-0.39, 0.29) is 11.9 Å². The summed E-state index contributed by atoms with van der Waals surface area (Å²) in [4.78, 5) is 0. The fourth-order valence-electron chi connectivity index (χ4n) is 1.31. The van der Waals surface area contributed by atoms with Gasteiger partial charge in [-0.05, 0) is 32.2 Å². The third-order valence-electron chi connectivity index (χ3n) is 2.50. The first-order chi connectivity index (χ1) is 6.24. The average molecular weight is 185 g/mol. The molecular formula is C9H19N3O. The Labute approximate surface area is 79.2 Å². The van der Waals surface area contributed by atoms with Gasteiger partial charge in [0.2, 0.25) is 0 Å². The molecule has 4 heteroatoms. The lowest BCUT2D eigenvalue weighted by molar-refractivity contribution is 0.315. The first-order valence-corrected chi connectivity index (χ1v) is 4.95. The number of amidine groups is 1. The van der Waals surface area contributed by atoms with Crippen molar-refractivity contribution in [2.24, 2.45) is 16.8 Å². The molecule has 0 amide bonds. The van der Waals surface area contributed by atoms with Gasteiger partial charge in [0.1, 0.15) is 0 Å². The molecule has 0 aromatic heterocycles. The Hall–Kier alpha value is -0.770. The van der Waals surface area contributed by atoms with E-state index in [2.05, 4.69) is 10.5 Å². The Balaban J connectivity index is 1.97. The molecule has 13 heavy (non-hydrogen) atoms. The molecule has 4 nitrogen and oxygen atoms in total. The van der Waals surface area contributed by atoms with Crippen LogP contribution < -0.4 is 11.1 Å². The minimum absolute atomic E-state index is 0.0239. The van der Waals surface area contributed by atoms with Crippen molar-refractivity contribution in [3.05, 3.63) is 0 Å². The zero-order chi connectivity index (χ0) is 9.68. The van der Waals surface area contributed by atoms with Crippen LogP contribution in [-0.2, 0) is 0 Å². The maximum atomic E-state index is 8.38. The topological polar surface area (TPSA) is 70.6 Å². The highest BCUT2D eigenvalue weighted by molar-refractivity contribution is 5.84. The van der Waals surface area contributed by atoms with Crippen LogP contribution in [0.4, 0.5) is 0 Å². The van der Waals surface area contributed by atoms with Crippen molar-refractivity contribution in [1.29, 1.82) is 0 Å². The molecule has 0 radical (unpaired) electrons. The minimum atomic E-state index is -0.0239. The summed E-state index contributed by atoms with van der Waals surface area (Å²) in [6, 6.07) is -0.0239. The molecule has 1 atom stereocenters. The summed E-state index contributed by atoms with van der Waals surface area (Å²) >= 11 is 0. The molecule has 1 aliphatic carbocycles. The van der Waals surface area contributed by atoms with Gasteiger partial charge in [0.15, 0.2) is 5.84 Å². The Bertz CT molecular complexity index is 178. The molecule has 0 saturated heterocycles. The van der Waals surface area contributed by atoms with E-state index >= 15 is 0 Å². The van der Waals surface area contributed by atoms with Crippen LogP contribution in [0.25, 0.3) is 0 Å². The maximum absolute atomic E-state index is 8.38. The Morgan fingerprint density at radius 3 is 2.92 bits per heavy atom. The van der Waals surface area contributed by atoms with Crippen molar-refractivity contribution in [1.82, 2.24) is 5.32 Å². The first kappa shape index (κ1) is 10.3. The molecule has 0 aromatic carbocycles. The Morgan fingerprint density at radius 1 is 1.69 bits per heavy atom. The fourth-order valence-corrected chi connectivity index (χ4v) is 1.31. The van der Waals surface area contributed by atoms with Gasteiger partial charge in [-0.15, -0.1) is 0 Å². The molecule has 1 fully saturated rings. The van der Waals surface area contributed by atoms with Gasteiger partial charge in [0.25, 0.3) is 0 Å². The fraction of sp³-hybridized carbons (Fsp3) is 0.889. The highest BCUT2D eigenvalue weighted by atomic mass is 16.4. The quantitative estimate of drug-likeness (QED) is 0.189. The summed E-state index contributed by atoms with van der Waals surface area (Å²) in [5, 5.41) is 14.5. The van der Waals surface area contributed by atoms with Crippen molar-refractivity contribution in [3.8, 4) is 0 Å². The Kier molecular flexibility index (Phi) is 4.02. The maximum Gasteiger partial charge on any atom is 0.156 e. The largest absolute Gasteiger partial charge is 0.409 e. The lowest BCUT2D eigenvalue weighted by atomic mass is 10.2. The molecular weight excluding hydrogens is 166 g/mol. The second-order valence-electron chi connectivity index (χ2n) is 3.79. The lowest BCUT2D eigenvalue weighted by Gasteiger charge is -2.11. The number of oxime groups is 1. The highest BCUT2D eigenvalue weighted by Gasteiger charge is 2.20. The number of nitrogens with one attached hydrogen (secondary N) is 1. The normalized spacial score (nSPS) is 20.2. The summed E-state index contributed by atoms with van der Waals surface area (Å²) in [6.07, 6.45) is 5.33. The predicted octanol–water partition coefficient (Wildman–Crippen LogP) is 0.901. The number of nitrogens with zero attached hydrogens (tertiary/aromatic N) is 1. The van der Waals surface area contributed by atoms with Crippen LogP contribution in [0.15, 0.2) is 5.16 Å². The zero-order valence-corrected chi connectivity index (χ0v) is 8.16. The predicted molar refractivity (Wildman–Crippen MR) is 52.8 cm³/mol. The van der Waals surface area contributed by atoms with Crippen molar-refractivity contribution in [3.63, 3.8) is 0 Å². The summed E-state index contributed by atoms with van der Waals surface area (Å²) < 4.78 is 0. The highest BCUT2D eigenvalue weighted by Crippen LogP contribution is 2.33. The van der Waals surface area contributed by atoms with Crippen LogP contribution in [0.3, 0.4) is 0 Å². The van der Waals surface area contributed by atoms with Crippen LogP contribution in [0.5, 0.6) is 0 Å². The van der Waals surface area contributed by atoms with Crippen LogP contribution in [0.1, 0.15) is 32.6 Å². The van der Waals surface area contributed by atoms with Crippen molar-refractivity contribution >= 4 is 5.84 Å². The molecule has 1 unspecified atom stereocenters. The summed E-state index contributed by atoms with van der Waals surface area (Å²) in [5.74, 6) is 1.24. The van der Waals surface area contributed by atoms with E-state index in [1.807, 2.05) is 6.92 Å². The summed E-state index contributed by atoms with van der Waals surface area (Å²) in [6.45, 7) is 2.85. The molecule has 1 saturated carbocycles. The van der Waals surface area contributed by atoms with E-state index in [0.29, 0.717) is 0 Å². The van der Waals surface area contributed by atoms with E-state index in [4.69, 9.17) is 10.9 Å². The van der Waals surface area contributed by atoms with Gasteiger partial charge < -0.3 is 16.3 Å². The second-order valence-corrected chi connectivity index (χ2v) is 3.79. The average Bonchev–Trinajstić information content (AvgIpc) is 2.94. The van der Waals surface area contributed by atoms with Crippen LogP contribution in [-0.4, -0.2) is 23.6 Å². The van der Waals surface area contributed by atoms with Crippen molar-refractivity contribution in [2.75, 3.05) is 6.54 Å². The number of nitrogens with two attached hydrogens (primary N) is 1. The lowest BCUT2D eigenvalue weighted by Crippen LogP contribution is -2.39. The Morgan fingerprint density at radius 2 is 2.38 bits per heavy atom. The van der Waals surface area contributed by atoms with E-state index in [9.17, 15) is 0 Å². The molecule has 0 spiro atoms. The van der Waals surface area contributed by atoms with Crippen LogP contribution >= 0.6 is 0 Å². The molecule has 0 aliphatic heterocycles. The monoisotopic (exact) mass is 185 g/mol. The van der Waals surface area contributed by atoms with Gasteiger partial charge in [0, 0.05) is 0 Å². The molecule has 0 heterocycles. The van der Waals surface area contributed by atoms with E-state index in [1.54, 1.807) is 0 Å². The molecule has 76 valence electrons. The molecule has 4 N–H and O–H groups in total. The third kappa shape index (κ3) is 4.12. The van der Waals surface area contributed by atoms with Gasteiger partial charge in [-0.2, -0.15) is 0 Å². The van der Waals surface area contributed by atoms with Gasteiger partial charge in [0.05, 0.1) is 6.04 Å². The number of hydrogen-bond acceptors (Lipinski definition) is 3. The minimum Gasteiger partial charge on any atom is -0.409 e. The van der Waals surface area contributed by atoms with E-state index < -0.39 is 0 Å². The van der Waals surface area contributed by atoms with Crippen molar-refractivity contribution in [2.45, 2.75) is 38.6 Å². The van der Waals surface area contributed by atoms with E-state index in [1.165, 1.54) is 25.7 Å². The van der Waals surface area contributed by atoms with Crippen molar-refractivity contribution < 1.29 is 5.21 Å². The summed E-state index contributed by atoms with van der Waals surface area (Å²) in [5.41, 5.74) is 5.41. The van der Waals surface area contributed by atoms with Gasteiger partial charge >= 0.3 is 0 Å². The van der Waals surface area contributed by atoms with Gasteiger partial charge in [-0.25, -0.2) is 0 Å². The third-order valence-corrected chi connectivity index (χ3v) is 2.50. The van der Waals surface area contributed by atoms with Gasteiger partial charge in [-0.3, -0.25) is 0 Å². The number of hydrogen-bond donors (Lipinski definition) is 3. The molecule has 1 rings (SSSR count). The van der Waals surface area contributed by atoms with Crippen LogP contribution in [0, 0.1) is 5.92 Å². The zero-order valence-electron chi connectivity index (χ0n) is 8.16. The molecule has 1 aliphatic rings. The molecule has 0 aromatic rings. The summed E-state index contributed by atoms with van der Waals surface area (Å²) in [7, 11) is 0.